The molecule has 0 atom stereocenters. The molecule has 16 heavy (non-hydrogen) atoms. The van der Waals surface area contributed by atoms with Gasteiger partial charge in [0.15, 0.2) is 11.5 Å². The molecule has 0 saturated heterocycles. The first-order chi connectivity index (χ1) is 7.68. The average Bonchev–Trinajstić information content (AvgIpc) is 2.70. The van der Waals surface area contributed by atoms with Gasteiger partial charge >= 0.3 is 5.97 Å². The Balaban J connectivity index is 2.10. The molecule has 0 aliphatic carbocycles. The third kappa shape index (κ3) is 2.22. The fourth-order valence-electron chi connectivity index (χ4n) is 1.65. The summed E-state index contributed by atoms with van der Waals surface area (Å²) in [5.74, 6) is 0.426. The van der Waals surface area contributed by atoms with Gasteiger partial charge in [0.05, 0.1) is 5.02 Å². The van der Waals surface area contributed by atoms with Crippen molar-refractivity contribution in [3.05, 3.63) is 22.7 Å². The Morgan fingerprint density at radius 2 is 2.12 bits per heavy atom. The molecule has 86 valence electrons. The summed E-state index contributed by atoms with van der Waals surface area (Å²) in [5.41, 5.74) is 0.943. The fraction of sp³-hybridized carbons (Fsp3) is 0.364. The van der Waals surface area contributed by atoms with Crippen molar-refractivity contribution in [2.24, 2.45) is 0 Å². The largest absolute Gasteiger partial charge is 0.481 e. The van der Waals surface area contributed by atoms with Gasteiger partial charge in [-0.1, -0.05) is 17.7 Å². The second-order valence-corrected chi connectivity index (χ2v) is 3.93. The number of aryl methyl sites for hydroxylation is 1. The first-order valence-electron chi connectivity index (χ1n) is 4.97. The minimum absolute atomic E-state index is 0.151. The van der Waals surface area contributed by atoms with Gasteiger partial charge in [-0.2, -0.15) is 0 Å². The van der Waals surface area contributed by atoms with Gasteiger partial charge in [0.25, 0.3) is 0 Å². The predicted octanol–water partition coefficient (Wildman–Crippen LogP) is 2.48. The molecule has 1 aliphatic rings. The molecule has 1 aromatic carbocycles. The van der Waals surface area contributed by atoms with Crippen molar-refractivity contribution < 1.29 is 19.4 Å². The average molecular weight is 243 g/mol. The summed E-state index contributed by atoms with van der Waals surface area (Å²) in [5, 5.41) is 9.07. The molecule has 1 aromatic rings. The summed E-state index contributed by atoms with van der Waals surface area (Å²) in [4.78, 5) is 10.4. The highest BCUT2D eigenvalue weighted by Crippen LogP contribution is 2.41. The molecule has 4 nitrogen and oxygen atoms in total. The molecule has 1 heterocycles. The van der Waals surface area contributed by atoms with E-state index in [1.54, 1.807) is 6.07 Å². The van der Waals surface area contributed by atoms with E-state index in [0.717, 1.165) is 5.56 Å². The van der Waals surface area contributed by atoms with E-state index in [1.807, 2.05) is 6.07 Å². The normalized spacial score (nSPS) is 12.8. The van der Waals surface area contributed by atoms with E-state index in [-0.39, 0.29) is 13.2 Å². The zero-order valence-corrected chi connectivity index (χ0v) is 9.29. The van der Waals surface area contributed by atoms with E-state index >= 15 is 0 Å². The van der Waals surface area contributed by atoms with Crippen LogP contribution >= 0.6 is 11.6 Å². The maximum atomic E-state index is 10.4. The van der Waals surface area contributed by atoms with E-state index in [0.29, 0.717) is 29.4 Å². The van der Waals surface area contributed by atoms with Crippen LogP contribution in [0.3, 0.4) is 0 Å². The number of aliphatic carboxylic acids is 1. The first kappa shape index (κ1) is 11.1. The maximum Gasteiger partial charge on any atom is 0.303 e. The van der Waals surface area contributed by atoms with E-state index in [9.17, 15) is 4.79 Å². The van der Waals surface area contributed by atoms with Crippen LogP contribution in [0.1, 0.15) is 18.4 Å². The fourth-order valence-corrected chi connectivity index (χ4v) is 1.85. The monoisotopic (exact) mass is 242 g/mol. The van der Waals surface area contributed by atoms with Gasteiger partial charge in [-0.05, 0) is 24.5 Å². The van der Waals surface area contributed by atoms with Gasteiger partial charge in [0.2, 0.25) is 6.79 Å². The maximum absolute atomic E-state index is 10.4. The number of carboxylic acids is 1. The number of halogens is 1. The number of carbonyl (C=O) groups is 1. The lowest BCUT2D eigenvalue weighted by atomic mass is 10.1. The molecule has 0 spiro atoms. The smallest absolute Gasteiger partial charge is 0.303 e. The highest BCUT2D eigenvalue weighted by molar-refractivity contribution is 6.32. The molecule has 1 N–H and O–H groups in total. The molecule has 2 rings (SSSR count). The van der Waals surface area contributed by atoms with Gasteiger partial charge < -0.3 is 14.6 Å². The van der Waals surface area contributed by atoms with Crippen LogP contribution in [0.2, 0.25) is 5.02 Å². The van der Waals surface area contributed by atoms with Crippen LogP contribution in [0, 0.1) is 0 Å². The Kier molecular flexibility index (Phi) is 3.19. The molecule has 0 amide bonds. The highest BCUT2D eigenvalue weighted by Gasteiger charge is 2.20. The van der Waals surface area contributed by atoms with Crippen LogP contribution in [-0.4, -0.2) is 17.9 Å². The Morgan fingerprint density at radius 1 is 1.38 bits per heavy atom. The minimum atomic E-state index is -0.789. The van der Waals surface area contributed by atoms with Crippen molar-refractivity contribution in [1.82, 2.24) is 0 Å². The Hall–Kier alpha value is -1.42. The number of ether oxygens (including phenoxy) is 2. The number of benzene rings is 1. The van der Waals surface area contributed by atoms with E-state index < -0.39 is 5.97 Å². The summed E-state index contributed by atoms with van der Waals surface area (Å²) < 4.78 is 10.5. The predicted molar refractivity (Wildman–Crippen MR) is 58.1 cm³/mol. The number of carboxylic acid groups (broad SMARTS) is 1. The number of rotatable bonds is 4. The third-order valence-electron chi connectivity index (χ3n) is 2.39. The summed E-state index contributed by atoms with van der Waals surface area (Å²) in [6, 6.07) is 3.59. The van der Waals surface area contributed by atoms with Crippen LogP contribution in [-0.2, 0) is 11.2 Å². The first-order valence-corrected chi connectivity index (χ1v) is 5.35. The van der Waals surface area contributed by atoms with Gasteiger partial charge in [0, 0.05) is 6.42 Å². The summed E-state index contributed by atoms with van der Waals surface area (Å²) in [6.07, 6.45) is 1.38. The lowest BCUT2D eigenvalue weighted by Crippen LogP contribution is -1.97. The summed E-state index contributed by atoms with van der Waals surface area (Å²) in [7, 11) is 0. The van der Waals surface area contributed by atoms with Crippen molar-refractivity contribution in [1.29, 1.82) is 0 Å². The van der Waals surface area contributed by atoms with Gasteiger partial charge in [-0.25, -0.2) is 0 Å². The SMILES string of the molecule is O=C(O)CCCc1ccc(Cl)c2c1OCO2. The van der Waals surface area contributed by atoms with Crippen molar-refractivity contribution in [2.45, 2.75) is 19.3 Å². The lowest BCUT2D eigenvalue weighted by molar-refractivity contribution is -0.137. The summed E-state index contributed by atoms with van der Waals surface area (Å²) in [6.45, 7) is 0.172. The van der Waals surface area contributed by atoms with Gasteiger partial charge in [0.1, 0.15) is 0 Å². The molecular formula is C11H11ClO4. The van der Waals surface area contributed by atoms with Crippen molar-refractivity contribution in [3.8, 4) is 11.5 Å². The number of hydrogen-bond donors (Lipinski definition) is 1. The van der Waals surface area contributed by atoms with Gasteiger partial charge in [-0.3, -0.25) is 4.79 Å². The Morgan fingerprint density at radius 3 is 2.88 bits per heavy atom. The molecule has 0 radical (unpaired) electrons. The molecule has 0 aromatic heterocycles. The van der Waals surface area contributed by atoms with E-state index in [2.05, 4.69) is 0 Å². The van der Waals surface area contributed by atoms with E-state index in [1.165, 1.54) is 0 Å². The zero-order valence-electron chi connectivity index (χ0n) is 8.53. The van der Waals surface area contributed by atoms with Crippen molar-refractivity contribution >= 4 is 17.6 Å². The second kappa shape index (κ2) is 4.61. The van der Waals surface area contributed by atoms with Crippen LogP contribution in [0.4, 0.5) is 0 Å². The van der Waals surface area contributed by atoms with Crippen LogP contribution < -0.4 is 9.47 Å². The molecule has 0 fully saturated rings. The third-order valence-corrected chi connectivity index (χ3v) is 2.69. The molecule has 0 saturated carbocycles. The highest BCUT2D eigenvalue weighted by atomic mass is 35.5. The number of hydrogen-bond acceptors (Lipinski definition) is 3. The molecule has 1 aliphatic heterocycles. The topological polar surface area (TPSA) is 55.8 Å². The Labute approximate surface area is 97.7 Å². The van der Waals surface area contributed by atoms with E-state index in [4.69, 9.17) is 26.2 Å². The minimum Gasteiger partial charge on any atom is -0.481 e. The van der Waals surface area contributed by atoms with Crippen LogP contribution in [0.15, 0.2) is 12.1 Å². The van der Waals surface area contributed by atoms with Crippen molar-refractivity contribution in [2.75, 3.05) is 6.79 Å². The zero-order chi connectivity index (χ0) is 11.5. The van der Waals surface area contributed by atoms with Crippen LogP contribution in [0.5, 0.6) is 11.5 Å². The van der Waals surface area contributed by atoms with Gasteiger partial charge in [-0.15, -0.1) is 0 Å². The van der Waals surface area contributed by atoms with Crippen molar-refractivity contribution in [3.63, 3.8) is 0 Å². The lowest BCUT2D eigenvalue weighted by Gasteiger charge is -2.05. The molecule has 0 unspecified atom stereocenters. The molecule has 0 bridgehead atoms. The van der Waals surface area contributed by atoms with Crippen LogP contribution in [0.25, 0.3) is 0 Å². The summed E-state index contributed by atoms with van der Waals surface area (Å²) >= 11 is 5.93. The molecule has 5 heteroatoms. The Bertz CT molecular complexity index is 417. The standard InChI is InChI=1S/C11H11ClO4/c12-8-5-4-7(2-1-3-9(13)14)10-11(8)16-6-15-10/h4-5H,1-3,6H2,(H,13,14). The quantitative estimate of drug-likeness (QED) is 0.881. The number of fused-ring (bicyclic) bond motifs is 1. The molecular weight excluding hydrogens is 232 g/mol. The second-order valence-electron chi connectivity index (χ2n) is 3.52.